The number of carbonyl (C=O) groups is 2. The number of hydrogen-bond acceptors (Lipinski definition) is 5. The minimum Gasteiger partial charge on any atom is -0.445 e. The van der Waals surface area contributed by atoms with E-state index in [0.717, 1.165) is 22.5 Å². The minimum absolute atomic E-state index is 0.135. The lowest BCUT2D eigenvalue weighted by molar-refractivity contribution is -0.123. The van der Waals surface area contributed by atoms with Crippen LogP contribution in [0.25, 0.3) is 0 Å². The number of rotatable bonds is 9. The van der Waals surface area contributed by atoms with Gasteiger partial charge < -0.3 is 20.3 Å². The fraction of sp³-hybridized carbons (Fsp3) is 0.240. The summed E-state index contributed by atoms with van der Waals surface area (Å²) in [7, 11) is 3.83. The van der Waals surface area contributed by atoms with Crippen LogP contribution in [0.3, 0.4) is 0 Å². The first kappa shape index (κ1) is 22.8. The average Bonchev–Trinajstić information content (AvgIpc) is 2.82. The summed E-state index contributed by atoms with van der Waals surface area (Å²) in [5, 5.41) is 5.58. The molecule has 3 aromatic rings. The average molecular weight is 433 g/mol. The molecule has 0 fully saturated rings. The fourth-order valence-electron chi connectivity index (χ4n) is 3.06. The van der Waals surface area contributed by atoms with Crippen molar-refractivity contribution in [2.45, 2.75) is 25.6 Å². The van der Waals surface area contributed by atoms with Crippen LogP contribution in [0.5, 0.6) is 0 Å². The predicted molar refractivity (Wildman–Crippen MR) is 124 cm³/mol. The highest BCUT2D eigenvalue weighted by molar-refractivity contribution is 5.85. The maximum atomic E-state index is 12.9. The van der Waals surface area contributed by atoms with E-state index in [-0.39, 0.29) is 12.5 Å². The molecule has 166 valence electrons. The summed E-state index contributed by atoms with van der Waals surface area (Å²) in [4.78, 5) is 31.5. The Bertz CT molecular complexity index is 993. The number of alkyl carbamates (subject to hydrolysis) is 1. The standard InChI is InChI=1S/C25H28N4O3/c1-29(2)23-14-13-21(16-26-23)17-27-24(30)22(15-19-9-5-3-6-10-19)28-25(31)32-18-20-11-7-4-8-12-20/h3-14,16,22H,15,17-18H2,1-2H3,(H,27,30)(H,28,31)/t22-/m0/s1. The largest absolute Gasteiger partial charge is 0.445 e. The summed E-state index contributed by atoms with van der Waals surface area (Å²) in [5.74, 6) is 0.548. The second kappa shape index (κ2) is 11.5. The van der Waals surface area contributed by atoms with Crippen molar-refractivity contribution in [3.8, 4) is 0 Å². The number of hydrogen-bond donors (Lipinski definition) is 2. The number of nitrogens with one attached hydrogen (secondary N) is 2. The van der Waals surface area contributed by atoms with Crippen molar-refractivity contribution < 1.29 is 14.3 Å². The van der Waals surface area contributed by atoms with Crippen LogP contribution in [0.1, 0.15) is 16.7 Å². The van der Waals surface area contributed by atoms with Crippen molar-refractivity contribution in [3.63, 3.8) is 0 Å². The summed E-state index contributed by atoms with van der Waals surface area (Å²) < 4.78 is 5.30. The number of carbonyl (C=O) groups excluding carboxylic acids is 2. The molecule has 1 aromatic heterocycles. The number of amides is 2. The van der Waals surface area contributed by atoms with Gasteiger partial charge in [0.25, 0.3) is 0 Å². The molecule has 0 saturated carbocycles. The lowest BCUT2D eigenvalue weighted by Gasteiger charge is -2.19. The molecule has 2 aromatic carbocycles. The van der Waals surface area contributed by atoms with E-state index in [1.54, 1.807) is 6.20 Å². The van der Waals surface area contributed by atoms with Gasteiger partial charge in [0, 0.05) is 33.3 Å². The SMILES string of the molecule is CN(C)c1ccc(CNC(=O)[C@H](Cc2ccccc2)NC(=O)OCc2ccccc2)cn1. The number of pyridine rings is 1. The van der Waals surface area contributed by atoms with Crippen LogP contribution in [-0.2, 0) is 29.1 Å². The van der Waals surface area contributed by atoms with Gasteiger partial charge >= 0.3 is 6.09 Å². The molecule has 3 rings (SSSR count). The van der Waals surface area contributed by atoms with Crippen molar-refractivity contribution in [1.82, 2.24) is 15.6 Å². The van der Waals surface area contributed by atoms with Gasteiger partial charge in [-0.1, -0.05) is 66.7 Å². The zero-order valence-electron chi connectivity index (χ0n) is 18.3. The molecule has 32 heavy (non-hydrogen) atoms. The van der Waals surface area contributed by atoms with Gasteiger partial charge in [0.2, 0.25) is 5.91 Å². The molecule has 0 aliphatic rings. The van der Waals surface area contributed by atoms with E-state index in [1.165, 1.54) is 0 Å². The Morgan fingerprint density at radius 2 is 1.56 bits per heavy atom. The van der Waals surface area contributed by atoms with Gasteiger partial charge in [0.15, 0.2) is 0 Å². The van der Waals surface area contributed by atoms with Gasteiger partial charge in [-0.25, -0.2) is 9.78 Å². The third kappa shape index (κ3) is 7.12. The Kier molecular flexibility index (Phi) is 8.20. The summed E-state index contributed by atoms with van der Waals surface area (Å²) in [6.45, 7) is 0.446. The molecule has 0 spiro atoms. The van der Waals surface area contributed by atoms with E-state index < -0.39 is 12.1 Å². The van der Waals surface area contributed by atoms with Gasteiger partial charge in [-0.2, -0.15) is 0 Å². The number of nitrogens with zero attached hydrogens (tertiary/aromatic N) is 2. The monoisotopic (exact) mass is 432 g/mol. The van der Waals surface area contributed by atoms with Crippen molar-refractivity contribution in [1.29, 1.82) is 0 Å². The molecule has 1 atom stereocenters. The maximum Gasteiger partial charge on any atom is 0.408 e. The molecule has 0 saturated heterocycles. The van der Waals surface area contributed by atoms with Crippen LogP contribution in [0.15, 0.2) is 79.0 Å². The van der Waals surface area contributed by atoms with Gasteiger partial charge in [-0.3, -0.25) is 4.79 Å². The van der Waals surface area contributed by atoms with Crippen LogP contribution >= 0.6 is 0 Å². The summed E-state index contributed by atoms with van der Waals surface area (Å²) >= 11 is 0. The minimum atomic E-state index is -0.769. The fourth-order valence-corrected chi connectivity index (χ4v) is 3.06. The third-order valence-corrected chi connectivity index (χ3v) is 4.84. The molecule has 0 radical (unpaired) electrons. The highest BCUT2D eigenvalue weighted by Gasteiger charge is 2.22. The van der Waals surface area contributed by atoms with Crippen molar-refractivity contribution in [2.24, 2.45) is 0 Å². The first-order valence-corrected chi connectivity index (χ1v) is 10.4. The summed E-state index contributed by atoms with van der Waals surface area (Å²) in [5.41, 5.74) is 2.68. The van der Waals surface area contributed by atoms with Crippen LogP contribution in [0, 0.1) is 0 Å². The molecular weight excluding hydrogens is 404 g/mol. The number of anilines is 1. The quantitative estimate of drug-likeness (QED) is 0.542. The zero-order chi connectivity index (χ0) is 22.8. The molecule has 0 unspecified atom stereocenters. The van der Waals surface area contributed by atoms with Gasteiger partial charge in [-0.15, -0.1) is 0 Å². The number of aromatic nitrogens is 1. The second-order valence-electron chi connectivity index (χ2n) is 7.59. The van der Waals surface area contributed by atoms with E-state index in [0.29, 0.717) is 13.0 Å². The topological polar surface area (TPSA) is 83.6 Å². The van der Waals surface area contributed by atoms with E-state index >= 15 is 0 Å². The second-order valence-corrected chi connectivity index (χ2v) is 7.59. The van der Waals surface area contributed by atoms with Gasteiger partial charge in [0.1, 0.15) is 18.5 Å². The molecule has 0 aliphatic heterocycles. The highest BCUT2D eigenvalue weighted by Crippen LogP contribution is 2.09. The van der Waals surface area contributed by atoms with Crippen LogP contribution in [0.4, 0.5) is 10.6 Å². The highest BCUT2D eigenvalue weighted by atomic mass is 16.5. The van der Waals surface area contributed by atoms with E-state index in [2.05, 4.69) is 15.6 Å². The van der Waals surface area contributed by atoms with Crippen LogP contribution in [0.2, 0.25) is 0 Å². The predicted octanol–water partition coefficient (Wildman–Crippen LogP) is 3.30. The van der Waals surface area contributed by atoms with E-state index in [4.69, 9.17) is 4.74 Å². The Morgan fingerprint density at radius 1 is 0.906 bits per heavy atom. The molecule has 2 amide bonds. The molecule has 0 aliphatic carbocycles. The van der Waals surface area contributed by atoms with E-state index in [9.17, 15) is 9.59 Å². The normalized spacial score (nSPS) is 11.3. The maximum absolute atomic E-state index is 12.9. The molecule has 7 heteroatoms. The van der Waals surface area contributed by atoms with Crippen molar-refractivity contribution >= 4 is 17.8 Å². The van der Waals surface area contributed by atoms with Crippen molar-refractivity contribution in [3.05, 3.63) is 95.7 Å². The summed E-state index contributed by atoms with van der Waals surface area (Å²) in [6.07, 6.45) is 1.44. The van der Waals surface area contributed by atoms with Crippen LogP contribution in [-0.4, -0.2) is 37.1 Å². The molecule has 1 heterocycles. The smallest absolute Gasteiger partial charge is 0.408 e. The lowest BCUT2D eigenvalue weighted by atomic mass is 10.1. The van der Waals surface area contributed by atoms with Crippen molar-refractivity contribution in [2.75, 3.05) is 19.0 Å². The molecule has 2 N–H and O–H groups in total. The first-order chi connectivity index (χ1) is 15.5. The van der Waals surface area contributed by atoms with Gasteiger partial charge in [0.05, 0.1) is 0 Å². The Morgan fingerprint density at radius 3 is 2.16 bits per heavy atom. The lowest BCUT2D eigenvalue weighted by Crippen LogP contribution is -2.48. The van der Waals surface area contributed by atoms with E-state index in [1.807, 2.05) is 91.8 Å². The van der Waals surface area contributed by atoms with Crippen LogP contribution < -0.4 is 15.5 Å². The summed E-state index contributed by atoms with van der Waals surface area (Å²) in [6, 6.07) is 22.0. The Balaban J connectivity index is 1.60. The number of ether oxygens (including phenoxy) is 1. The molecule has 7 nitrogen and oxygen atoms in total. The molecular formula is C25H28N4O3. The Hall–Kier alpha value is -3.87. The first-order valence-electron chi connectivity index (χ1n) is 10.4. The third-order valence-electron chi connectivity index (χ3n) is 4.84. The molecule has 0 bridgehead atoms. The van der Waals surface area contributed by atoms with Gasteiger partial charge in [-0.05, 0) is 22.8 Å². The number of benzene rings is 2. The zero-order valence-corrected chi connectivity index (χ0v) is 18.3. The Labute approximate surface area is 188 Å².